The lowest BCUT2D eigenvalue weighted by molar-refractivity contribution is 0.189. The van der Waals surface area contributed by atoms with E-state index in [-0.39, 0.29) is 5.92 Å². The highest BCUT2D eigenvalue weighted by atomic mass is 16.5. The SMILES string of the molecule is COc1cc2c(cc1CN1CCC[C@H](C#N)C1)OCCCO2. The maximum absolute atomic E-state index is 9.13. The van der Waals surface area contributed by atoms with Gasteiger partial charge in [0.2, 0.25) is 0 Å². The van der Waals surface area contributed by atoms with Crippen LogP contribution in [-0.4, -0.2) is 38.3 Å². The number of methoxy groups -OCH3 is 1. The molecule has 118 valence electrons. The Labute approximate surface area is 131 Å². The Balaban J connectivity index is 1.80. The van der Waals surface area contributed by atoms with Gasteiger partial charge in [-0.25, -0.2) is 0 Å². The second kappa shape index (κ2) is 6.89. The molecule has 1 fully saturated rings. The predicted octanol–water partition coefficient (Wildman–Crippen LogP) is 2.59. The first-order valence-corrected chi connectivity index (χ1v) is 7.88. The third-order valence-corrected chi connectivity index (χ3v) is 4.23. The molecule has 0 radical (unpaired) electrons. The molecule has 5 nitrogen and oxygen atoms in total. The van der Waals surface area contributed by atoms with E-state index in [0.29, 0.717) is 13.2 Å². The van der Waals surface area contributed by atoms with E-state index in [1.165, 1.54) is 0 Å². The topological polar surface area (TPSA) is 54.7 Å². The molecular formula is C17H22N2O3. The smallest absolute Gasteiger partial charge is 0.164 e. The molecule has 5 heteroatoms. The van der Waals surface area contributed by atoms with E-state index in [1.54, 1.807) is 7.11 Å². The van der Waals surface area contributed by atoms with Crippen LogP contribution in [0.1, 0.15) is 24.8 Å². The van der Waals surface area contributed by atoms with Gasteiger partial charge in [-0.05, 0) is 25.5 Å². The van der Waals surface area contributed by atoms with Gasteiger partial charge < -0.3 is 14.2 Å². The number of hydrogen-bond donors (Lipinski definition) is 0. The number of nitrogens with zero attached hydrogens (tertiary/aromatic N) is 2. The number of hydrogen-bond acceptors (Lipinski definition) is 5. The van der Waals surface area contributed by atoms with Crippen molar-refractivity contribution in [1.82, 2.24) is 4.90 Å². The fraction of sp³-hybridized carbons (Fsp3) is 0.588. The van der Waals surface area contributed by atoms with E-state index in [9.17, 15) is 0 Å². The molecule has 0 unspecified atom stereocenters. The summed E-state index contributed by atoms with van der Waals surface area (Å²) >= 11 is 0. The molecular weight excluding hydrogens is 280 g/mol. The van der Waals surface area contributed by atoms with Crippen molar-refractivity contribution in [3.05, 3.63) is 17.7 Å². The minimum atomic E-state index is 0.139. The highest BCUT2D eigenvalue weighted by Crippen LogP contribution is 2.37. The number of fused-ring (bicyclic) bond motifs is 1. The Kier molecular flexibility index (Phi) is 4.69. The quantitative estimate of drug-likeness (QED) is 0.859. The predicted molar refractivity (Wildman–Crippen MR) is 82.2 cm³/mol. The van der Waals surface area contributed by atoms with Crippen LogP contribution in [0.25, 0.3) is 0 Å². The minimum absolute atomic E-state index is 0.139. The summed E-state index contributed by atoms with van der Waals surface area (Å²) in [6, 6.07) is 6.33. The summed E-state index contributed by atoms with van der Waals surface area (Å²) in [7, 11) is 1.68. The number of ether oxygens (including phenoxy) is 3. The van der Waals surface area contributed by atoms with Gasteiger partial charge in [0.1, 0.15) is 5.75 Å². The average molecular weight is 302 g/mol. The van der Waals surface area contributed by atoms with E-state index >= 15 is 0 Å². The normalized spacial score (nSPS) is 21.7. The molecule has 0 spiro atoms. The average Bonchev–Trinajstić information content (AvgIpc) is 2.79. The first-order chi connectivity index (χ1) is 10.8. The Morgan fingerprint density at radius 3 is 2.77 bits per heavy atom. The van der Waals surface area contributed by atoms with Crippen molar-refractivity contribution in [2.75, 3.05) is 33.4 Å². The maximum Gasteiger partial charge on any atom is 0.164 e. The number of piperidine rings is 1. The molecule has 3 rings (SSSR count). The van der Waals surface area contributed by atoms with Crippen LogP contribution in [0.2, 0.25) is 0 Å². The van der Waals surface area contributed by atoms with Gasteiger partial charge in [0.05, 0.1) is 32.3 Å². The van der Waals surface area contributed by atoms with Crippen LogP contribution in [0.4, 0.5) is 0 Å². The van der Waals surface area contributed by atoms with Gasteiger partial charge in [-0.3, -0.25) is 4.90 Å². The summed E-state index contributed by atoms with van der Waals surface area (Å²) in [5.41, 5.74) is 1.09. The lowest BCUT2D eigenvalue weighted by atomic mass is 9.99. The Bertz CT molecular complexity index is 568. The van der Waals surface area contributed by atoms with Crippen molar-refractivity contribution in [2.24, 2.45) is 5.92 Å². The molecule has 2 aliphatic rings. The van der Waals surface area contributed by atoms with Crippen LogP contribution in [0.3, 0.4) is 0 Å². The molecule has 2 aliphatic heterocycles. The van der Waals surface area contributed by atoms with Gasteiger partial charge >= 0.3 is 0 Å². The van der Waals surface area contributed by atoms with E-state index in [2.05, 4.69) is 11.0 Å². The van der Waals surface area contributed by atoms with Crippen molar-refractivity contribution >= 4 is 0 Å². The first-order valence-electron chi connectivity index (χ1n) is 7.88. The molecule has 22 heavy (non-hydrogen) atoms. The number of rotatable bonds is 3. The van der Waals surface area contributed by atoms with E-state index in [0.717, 1.165) is 61.7 Å². The number of benzene rings is 1. The largest absolute Gasteiger partial charge is 0.496 e. The standard InChI is InChI=1S/C17H22N2O3/c1-20-15-9-17-16(21-6-3-7-22-17)8-14(15)12-19-5-2-4-13(10-18)11-19/h8-9,13H,2-7,11-12H2,1H3/t13-/m1/s1. The third-order valence-electron chi connectivity index (χ3n) is 4.23. The highest BCUT2D eigenvalue weighted by molar-refractivity contribution is 5.51. The summed E-state index contributed by atoms with van der Waals surface area (Å²) in [5, 5.41) is 9.13. The van der Waals surface area contributed by atoms with Crippen LogP contribution < -0.4 is 14.2 Å². The minimum Gasteiger partial charge on any atom is -0.496 e. The number of likely N-dealkylation sites (tertiary alicyclic amines) is 1. The molecule has 1 atom stereocenters. The molecule has 0 aliphatic carbocycles. The Morgan fingerprint density at radius 2 is 2.05 bits per heavy atom. The summed E-state index contributed by atoms with van der Waals surface area (Å²) < 4.78 is 17.0. The summed E-state index contributed by atoms with van der Waals surface area (Å²) in [6.45, 7) is 3.98. The fourth-order valence-electron chi connectivity index (χ4n) is 3.09. The van der Waals surface area contributed by atoms with Crippen molar-refractivity contribution in [1.29, 1.82) is 5.26 Å². The zero-order valence-corrected chi connectivity index (χ0v) is 13.0. The van der Waals surface area contributed by atoms with Gasteiger partial charge in [-0.1, -0.05) is 0 Å². The molecule has 2 heterocycles. The summed E-state index contributed by atoms with van der Waals surface area (Å²) in [4.78, 5) is 2.32. The number of nitriles is 1. The van der Waals surface area contributed by atoms with Gasteiger partial charge in [0.25, 0.3) is 0 Å². The van der Waals surface area contributed by atoms with Crippen molar-refractivity contribution in [3.8, 4) is 23.3 Å². The third kappa shape index (κ3) is 3.28. The molecule has 0 aromatic heterocycles. The fourth-order valence-corrected chi connectivity index (χ4v) is 3.09. The van der Waals surface area contributed by atoms with Crippen molar-refractivity contribution < 1.29 is 14.2 Å². The molecule has 0 N–H and O–H groups in total. The zero-order valence-electron chi connectivity index (χ0n) is 13.0. The molecule has 0 bridgehead atoms. The maximum atomic E-state index is 9.13. The van der Waals surface area contributed by atoms with E-state index in [1.807, 2.05) is 12.1 Å². The lowest BCUT2D eigenvalue weighted by Crippen LogP contribution is -2.34. The van der Waals surface area contributed by atoms with Gasteiger partial charge in [-0.15, -0.1) is 0 Å². The van der Waals surface area contributed by atoms with Crippen LogP contribution >= 0.6 is 0 Å². The van der Waals surface area contributed by atoms with Crippen molar-refractivity contribution in [2.45, 2.75) is 25.8 Å². The summed E-state index contributed by atoms with van der Waals surface area (Å²) in [6.07, 6.45) is 2.97. The lowest BCUT2D eigenvalue weighted by Gasteiger charge is -2.30. The second-order valence-corrected chi connectivity index (χ2v) is 5.86. The van der Waals surface area contributed by atoms with Crippen LogP contribution in [0.5, 0.6) is 17.2 Å². The highest BCUT2D eigenvalue weighted by Gasteiger charge is 2.22. The molecule has 1 saturated heterocycles. The molecule has 1 aromatic rings. The van der Waals surface area contributed by atoms with Crippen LogP contribution in [-0.2, 0) is 6.54 Å². The second-order valence-electron chi connectivity index (χ2n) is 5.86. The van der Waals surface area contributed by atoms with Crippen LogP contribution in [0, 0.1) is 17.2 Å². The molecule has 1 aromatic carbocycles. The van der Waals surface area contributed by atoms with Crippen molar-refractivity contribution in [3.63, 3.8) is 0 Å². The van der Waals surface area contributed by atoms with Gasteiger partial charge in [0, 0.05) is 31.1 Å². The summed E-state index contributed by atoms with van der Waals surface area (Å²) in [5.74, 6) is 2.51. The molecule has 0 saturated carbocycles. The Hall–Kier alpha value is -1.93. The zero-order chi connectivity index (χ0) is 15.4. The Morgan fingerprint density at radius 1 is 1.27 bits per heavy atom. The van der Waals surface area contributed by atoms with E-state index in [4.69, 9.17) is 19.5 Å². The first kappa shape index (κ1) is 15.0. The van der Waals surface area contributed by atoms with Crippen LogP contribution in [0.15, 0.2) is 12.1 Å². The monoisotopic (exact) mass is 302 g/mol. The molecule has 0 amide bonds. The van der Waals surface area contributed by atoms with E-state index < -0.39 is 0 Å². The van der Waals surface area contributed by atoms with Gasteiger partial charge in [-0.2, -0.15) is 5.26 Å². The van der Waals surface area contributed by atoms with Gasteiger partial charge in [0.15, 0.2) is 11.5 Å².